The minimum atomic E-state index is -0.299. The zero-order chi connectivity index (χ0) is 17.3. The van der Waals surface area contributed by atoms with Gasteiger partial charge in [0, 0.05) is 30.8 Å². The summed E-state index contributed by atoms with van der Waals surface area (Å²) in [5.41, 5.74) is 0.725. The van der Waals surface area contributed by atoms with Crippen LogP contribution in [0.15, 0.2) is 18.2 Å². The van der Waals surface area contributed by atoms with Gasteiger partial charge in [0.05, 0.1) is 20.1 Å². The standard InChI is InChI=1S/C18H24N2O4/c1-11(12-4-5-12)19-18(22)13-8-17(21)20(10-13)14-6-7-15(23-2)16(9-14)24-3/h6-7,9,11-13H,4-5,8,10H2,1-3H3,(H,19,22)/t11-,13+/m0/s1. The van der Waals surface area contributed by atoms with E-state index in [0.29, 0.717) is 24.0 Å². The van der Waals surface area contributed by atoms with Crippen LogP contribution in [0.4, 0.5) is 5.69 Å². The van der Waals surface area contributed by atoms with Gasteiger partial charge in [-0.05, 0) is 37.8 Å². The highest BCUT2D eigenvalue weighted by molar-refractivity contribution is 6.00. The van der Waals surface area contributed by atoms with Gasteiger partial charge in [-0.15, -0.1) is 0 Å². The summed E-state index contributed by atoms with van der Waals surface area (Å²) in [6.07, 6.45) is 2.61. The Hall–Kier alpha value is -2.24. The molecular formula is C18H24N2O4. The third kappa shape index (κ3) is 3.32. The van der Waals surface area contributed by atoms with Crippen molar-refractivity contribution in [2.75, 3.05) is 25.7 Å². The fourth-order valence-corrected chi connectivity index (χ4v) is 3.18. The molecule has 0 bridgehead atoms. The van der Waals surface area contributed by atoms with E-state index >= 15 is 0 Å². The van der Waals surface area contributed by atoms with E-state index in [4.69, 9.17) is 9.47 Å². The second kappa shape index (κ2) is 6.71. The summed E-state index contributed by atoms with van der Waals surface area (Å²) in [5.74, 6) is 1.42. The van der Waals surface area contributed by atoms with Gasteiger partial charge >= 0.3 is 0 Å². The van der Waals surface area contributed by atoms with Gasteiger partial charge in [-0.2, -0.15) is 0 Å². The number of carbonyl (C=O) groups is 2. The zero-order valence-corrected chi connectivity index (χ0v) is 14.4. The molecule has 0 spiro atoms. The number of amides is 2. The van der Waals surface area contributed by atoms with Gasteiger partial charge in [0.1, 0.15) is 0 Å². The van der Waals surface area contributed by atoms with Gasteiger partial charge in [0.2, 0.25) is 11.8 Å². The Morgan fingerprint density at radius 2 is 1.96 bits per heavy atom. The molecule has 0 unspecified atom stereocenters. The number of rotatable bonds is 6. The lowest BCUT2D eigenvalue weighted by molar-refractivity contribution is -0.127. The van der Waals surface area contributed by atoms with E-state index in [9.17, 15) is 9.59 Å². The molecule has 3 rings (SSSR count). The van der Waals surface area contributed by atoms with E-state index in [1.54, 1.807) is 31.3 Å². The molecule has 2 fully saturated rings. The average molecular weight is 332 g/mol. The lowest BCUT2D eigenvalue weighted by atomic mass is 10.1. The molecule has 24 heavy (non-hydrogen) atoms. The van der Waals surface area contributed by atoms with Crippen molar-refractivity contribution in [3.05, 3.63) is 18.2 Å². The summed E-state index contributed by atoms with van der Waals surface area (Å²) in [6.45, 7) is 2.44. The minimum Gasteiger partial charge on any atom is -0.493 e. The number of benzene rings is 1. The number of nitrogens with one attached hydrogen (secondary N) is 1. The van der Waals surface area contributed by atoms with Crippen molar-refractivity contribution in [2.45, 2.75) is 32.2 Å². The lowest BCUT2D eigenvalue weighted by Crippen LogP contribution is -2.39. The fourth-order valence-electron chi connectivity index (χ4n) is 3.18. The molecule has 2 amide bonds. The van der Waals surface area contributed by atoms with E-state index in [1.807, 2.05) is 13.0 Å². The Labute approximate surface area is 142 Å². The smallest absolute Gasteiger partial charge is 0.227 e. The second-order valence-electron chi connectivity index (χ2n) is 6.58. The fraction of sp³-hybridized carbons (Fsp3) is 0.556. The lowest BCUT2D eigenvalue weighted by Gasteiger charge is -2.19. The molecule has 2 aliphatic rings. The van der Waals surface area contributed by atoms with E-state index in [0.717, 1.165) is 5.69 Å². The summed E-state index contributed by atoms with van der Waals surface area (Å²) < 4.78 is 10.5. The van der Waals surface area contributed by atoms with Crippen molar-refractivity contribution in [3.63, 3.8) is 0 Å². The largest absolute Gasteiger partial charge is 0.493 e. The highest BCUT2D eigenvalue weighted by Crippen LogP contribution is 2.35. The van der Waals surface area contributed by atoms with E-state index < -0.39 is 0 Å². The van der Waals surface area contributed by atoms with Gasteiger partial charge in [0.15, 0.2) is 11.5 Å². The molecule has 130 valence electrons. The van der Waals surface area contributed by atoms with Crippen LogP contribution in [0.2, 0.25) is 0 Å². The first kappa shape index (κ1) is 16.6. The molecule has 1 aromatic rings. The molecule has 2 atom stereocenters. The molecular weight excluding hydrogens is 308 g/mol. The Balaban J connectivity index is 1.69. The summed E-state index contributed by atoms with van der Waals surface area (Å²) in [7, 11) is 3.13. The molecule has 6 nitrogen and oxygen atoms in total. The third-order valence-electron chi connectivity index (χ3n) is 4.87. The monoisotopic (exact) mass is 332 g/mol. The number of hydrogen-bond acceptors (Lipinski definition) is 4. The predicted molar refractivity (Wildman–Crippen MR) is 90.3 cm³/mol. The summed E-state index contributed by atoms with van der Waals surface area (Å²) in [6, 6.07) is 5.54. The maximum absolute atomic E-state index is 12.4. The highest BCUT2D eigenvalue weighted by Gasteiger charge is 2.37. The molecule has 0 aromatic heterocycles. The number of hydrogen-bond donors (Lipinski definition) is 1. The second-order valence-corrected chi connectivity index (χ2v) is 6.58. The minimum absolute atomic E-state index is 0.0225. The first-order valence-electron chi connectivity index (χ1n) is 8.36. The van der Waals surface area contributed by atoms with Crippen LogP contribution in [0.3, 0.4) is 0 Å². The van der Waals surface area contributed by atoms with Crippen molar-refractivity contribution < 1.29 is 19.1 Å². The van der Waals surface area contributed by atoms with Crippen LogP contribution in [-0.2, 0) is 9.59 Å². The normalized spacial score (nSPS) is 21.5. The topological polar surface area (TPSA) is 67.9 Å². The molecule has 6 heteroatoms. The zero-order valence-electron chi connectivity index (χ0n) is 14.4. The van der Waals surface area contributed by atoms with E-state index in [-0.39, 0.29) is 30.2 Å². The van der Waals surface area contributed by atoms with Crippen molar-refractivity contribution in [1.29, 1.82) is 0 Å². The van der Waals surface area contributed by atoms with Gasteiger partial charge in [0.25, 0.3) is 0 Å². The van der Waals surface area contributed by atoms with Gasteiger partial charge in [-0.3, -0.25) is 9.59 Å². The number of nitrogens with zero attached hydrogens (tertiary/aromatic N) is 1. The van der Waals surface area contributed by atoms with E-state index in [2.05, 4.69) is 5.32 Å². The van der Waals surface area contributed by atoms with Crippen LogP contribution < -0.4 is 19.7 Å². The van der Waals surface area contributed by atoms with Crippen LogP contribution >= 0.6 is 0 Å². The molecule has 1 aliphatic carbocycles. The summed E-state index contributed by atoms with van der Waals surface area (Å²) in [5, 5.41) is 3.05. The average Bonchev–Trinajstić information content (AvgIpc) is 3.36. The molecule has 1 heterocycles. The predicted octanol–water partition coefficient (Wildman–Crippen LogP) is 1.97. The summed E-state index contributed by atoms with van der Waals surface area (Å²) >= 11 is 0. The van der Waals surface area contributed by atoms with Crippen molar-refractivity contribution in [3.8, 4) is 11.5 Å². The van der Waals surface area contributed by atoms with Gasteiger partial charge in [-0.25, -0.2) is 0 Å². The van der Waals surface area contributed by atoms with Crippen molar-refractivity contribution >= 4 is 17.5 Å². The Morgan fingerprint density at radius 3 is 2.58 bits per heavy atom. The Bertz CT molecular complexity index is 642. The third-order valence-corrected chi connectivity index (χ3v) is 4.87. The van der Waals surface area contributed by atoms with Crippen molar-refractivity contribution in [2.24, 2.45) is 11.8 Å². The molecule has 1 saturated heterocycles. The maximum atomic E-state index is 12.4. The Morgan fingerprint density at radius 1 is 1.25 bits per heavy atom. The SMILES string of the molecule is COc1ccc(N2C[C@H](C(=O)N[C@@H](C)C3CC3)CC2=O)cc1OC. The van der Waals surface area contributed by atoms with Crippen molar-refractivity contribution in [1.82, 2.24) is 5.32 Å². The molecule has 1 aliphatic heterocycles. The van der Waals surface area contributed by atoms with Crippen LogP contribution in [0, 0.1) is 11.8 Å². The quantitative estimate of drug-likeness (QED) is 0.865. The molecule has 1 aromatic carbocycles. The van der Waals surface area contributed by atoms with Crippen LogP contribution in [0.25, 0.3) is 0 Å². The number of methoxy groups -OCH3 is 2. The van der Waals surface area contributed by atoms with Crippen LogP contribution in [0.5, 0.6) is 11.5 Å². The van der Waals surface area contributed by atoms with Gasteiger partial charge in [-0.1, -0.05) is 0 Å². The van der Waals surface area contributed by atoms with Crippen LogP contribution in [0.1, 0.15) is 26.2 Å². The molecule has 1 saturated carbocycles. The van der Waals surface area contributed by atoms with E-state index in [1.165, 1.54) is 12.8 Å². The highest BCUT2D eigenvalue weighted by atomic mass is 16.5. The summed E-state index contributed by atoms with van der Waals surface area (Å²) in [4.78, 5) is 26.4. The van der Waals surface area contributed by atoms with Gasteiger partial charge < -0.3 is 19.7 Å². The first-order valence-corrected chi connectivity index (χ1v) is 8.36. The van der Waals surface area contributed by atoms with Crippen LogP contribution in [-0.4, -0.2) is 38.6 Å². The first-order chi connectivity index (χ1) is 11.5. The number of carbonyl (C=O) groups excluding carboxylic acids is 2. The number of anilines is 1. The number of ether oxygens (including phenoxy) is 2. The maximum Gasteiger partial charge on any atom is 0.227 e. The Kier molecular flexibility index (Phi) is 4.64. The molecule has 0 radical (unpaired) electrons. The molecule has 1 N–H and O–H groups in total.